The van der Waals surface area contributed by atoms with E-state index in [2.05, 4.69) is 39.2 Å². The second-order valence-electron chi connectivity index (χ2n) is 2.63. The zero-order chi connectivity index (χ0) is 8.81. The van der Waals surface area contributed by atoms with Gasteiger partial charge in [-0.15, -0.1) is 0 Å². The van der Waals surface area contributed by atoms with E-state index in [1.54, 1.807) is 0 Å². The van der Waals surface area contributed by atoms with E-state index in [0.29, 0.717) is 0 Å². The van der Waals surface area contributed by atoms with E-state index in [4.69, 9.17) is 0 Å². The average molecular weight is 229 g/mol. The number of nitrogens with zero attached hydrogens (tertiary/aromatic N) is 1. The highest BCUT2D eigenvalue weighted by Crippen LogP contribution is 2.01. The maximum absolute atomic E-state index is 4.27. The zero-order valence-corrected chi connectivity index (χ0v) is 8.76. The number of hydrogen-bond donors (Lipinski definition) is 1. The van der Waals surface area contributed by atoms with Gasteiger partial charge >= 0.3 is 0 Å². The lowest BCUT2D eigenvalue weighted by Gasteiger charge is -2.04. The van der Waals surface area contributed by atoms with Crippen molar-refractivity contribution < 1.29 is 0 Å². The summed E-state index contributed by atoms with van der Waals surface area (Å²) in [5, 5.41) is 4.27. The van der Waals surface area contributed by atoms with E-state index >= 15 is 0 Å². The van der Waals surface area contributed by atoms with Crippen LogP contribution in [0.4, 0.5) is 0 Å². The molecule has 3 heteroatoms. The number of halogens is 1. The fraction of sp³-hybridized carbons (Fsp3) is 0.444. The molecule has 0 aliphatic rings. The Kier molecular flexibility index (Phi) is 4.25. The fourth-order valence-corrected chi connectivity index (χ4v) is 1.26. The molecule has 0 amide bonds. The Morgan fingerprint density at radius 2 is 2.42 bits per heavy atom. The maximum atomic E-state index is 4.27. The summed E-state index contributed by atoms with van der Waals surface area (Å²) in [6.45, 7) is 3.92. The molecule has 0 aliphatic heterocycles. The number of aryl methyl sites for hydroxylation is 1. The molecular formula is C9H13BrN2. The number of nitrogens with one attached hydrogen (secondary N) is 1. The highest BCUT2D eigenvalue weighted by Gasteiger charge is 1.96. The Hall–Kier alpha value is -0.410. The van der Waals surface area contributed by atoms with Crippen LogP contribution in [0, 0.1) is 6.92 Å². The Morgan fingerprint density at radius 3 is 3.08 bits per heavy atom. The summed E-state index contributed by atoms with van der Waals surface area (Å²) in [7, 11) is 0. The van der Waals surface area contributed by atoms with Gasteiger partial charge in [0.25, 0.3) is 0 Å². The second kappa shape index (κ2) is 5.27. The average Bonchev–Trinajstić information content (AvgIpc) is 2.09. The van der Waals surface area contributed by atoms with Crippen LogP contribution < -0.4 is 5.32 Å². The van der Waals surface area contributed by atoms with E-state index in [0.717, 1.165) is 24.1 Å². The molecule has 0 atom stereocenters. The zero-order valence-electron chi connectivity index (χ0n) is 7.18. The molecule has 1 N–H and O–H groups in total. The molecule has 1 aromatic heterocycles. The quantitative estimate of drug-likeness (QED) is 0.629. The minimum Gasteiger partial charge on any atom is -0.310 e. The van der Waals surface area contributed by atoms with Crippen molar-refractivity contribution in [3.8, 4) is 0 Å². The van der Waals surface area contributed by atoms with E-state index < -0.39 is 0 Å². The Labute approximate surface area is 81.5 Å². The van der Waals surface area contributed by atoms with Gasteiger partial charge in [-0.05, 0) is 18.6 Å². The first kappa shape index (κ1) is 9.68. The van der Waals surface area contributed by atoms with Gasteiger partial charge in [-0.3, -0.25) is 4.98 Å². The number of alkyl halides is 1. The second-order valence-corrected chi connectivity index (χ2v) is 3.43. The topological polar surface area (TPSA) is 24.9 Å². The lowest BCUT2D eigenvalue weighted by atomic mass is 10.2. The van der Waals surface area contributed by atoms with Gasteiger partial charge in [0.1, 0.15) is 0 Å². The first-order valence-electron chi connectivity index (χ1n) is 4.02. The predicted molar refractivity (Wildman–Crippen MR) is 54.5 cm³/mol. The minimum atomic E-state index is 0.859. The smallest absolute Gasteiger partial charge is 0.0570 e. The van der Waals surface area contributed by atoms with Crippen molar-refractivity contribution in [1.82, 2.24) is 10.3 Å². The van der Waals surface area contributed by atoms with Crippen molar-refractivity contribution in [2.45, 2.75) is 13.5 Å². The molecule has 1 aromatic rings. The third-order valence-corrected chi connectivity index (χ3v) is 2.08. The number of pyridine rings is 1. The predicted octanol–water partition coefficient (Wildman–Crippen LogP) is 1.87. The Morgan fingerprint density at radius 1 is 1.58 bits per heavy atom. The summed E-state index contributed by atoms with van der Waals surface area (Å²) in [5.74, 6) is 0. The van der Waals surface area contributed by atoms with Crippen LogP contribution in [0.3, 0.4) is 0 Å². The van der Waals surface area contributed by atoms with Crippen molar-refractivity contribution in [2.24, 2.45) is 0 Å². The Balaban J connectivity index is 2.46. The van der Waals surface area contributed by atoms with Gasteiger partial charge < -0.3 is 5.32 Å². The van der Waals surface area contributed by atoms with Gasteiger partial charge in [-0.25, -0.2) is 0 Å². The van der Waals surface area contributed by atoms with Crippen LogP contribution in [-0.4, -0.2) is 16.9 Å². The Bertz CT molecular complexity index is 238. The summed E-state index contributed by atoms with van der Waals surface area (Å²) in [6, 6.07) is 4.04. The van der Waals surface area contributed by atoms with Crippen molar-refractivity contribution in [3.63, 3.8) is 0 Å². The summed E-state index contributed by atoms with van der Waals surface area (Å²) < 4.78 is 0. The van der Waals surface area contributed by atoms with Crippen LogP contribution in [0.5, 0.6) is 0 Å². The maximum Gasteiger partial charge on any atom is 0.0570 e. The molecule has 1 rings (SSSR count). The molecule has 0 aliphatic carbocycles. The van der Waals surface area contributed by atoms with Crippen LogP contribution >= 0.6 is 15.9 Å². The van der Waals surface area contributed by atoms with E-state index in [1.807, 2.05) is 12.3 Å². The number of hydrogen-bond acceptors (Lipinski definition) is 2. The summed E-state index contributed by atoms with van der Waals surface area (Å²) >= 11 is 3.36. The highest BCUT2D eigenvalue weighted by molar-refractivity contribution is 9.09. The molecule has 12 heavy (non-hydrogen) atoms. The number of aromatic nitrogens is 1. The van der Waals surface area contributed by atoms with E-state index in [1.165, 1.54) is 5.56 Å². The van der Waals surface area contributed by atoms with Crippen LogP contribution in [0.25, 0.3) is 0 Å². The van der Waals surface area contributed by atoms with Crippen molar-refractivity contribution in [1.29, 1.82) is 0 Å². The molecule has 66 valence electrons. The van der Waals surface area contributed by atoms with Crippen molar-refractivity contribution in [3.05, 3.63) is 29.6 Å². The molecule has 0 bridgehead atoms. The highest BCUT2D eigenvalue weighted by atomic mass is 79.9. The molecule has 2 nitrogen and oxygen atoms in total. The molecule has 0 saturated carbocycles. The van der Waals surface area contributed by atoms with Crippen LogP contribution in [0.1, 0.15) is 11.3 Å². The molecule has 1 heterocycles. The molecule has 0 spiro atoms. The van der Waals surface area contributed by atoms with Crippen LogP contribution in [0.15, 0.2) is 18.3 Å². The largest absolute Gasteiger partial charge is 0.310 e. The van der Waals surface area contributed by atoms with Gasteiger partial charge in [-0.2, -0.15) is 0 Å². The molecule has 0 unspecified atom stereocenters. The molecule has 0 fully saturated rings. The molecular weight excluding hydrogens is 216 g/mol. The molecule has 0 aromatic carbocycles. The normalized spacial score (nSPS) is 10.2. The SMILES string of the molecule is Cc1cccnc1CNCCBr. The monoisotopic (exact) mass is 228 g/mol. The van der Waals surface area contributed by atoms with Crippen LogP contribution in [0.2, 0.25) is 0 Å². The third-order valence-electron chi connectivity index (χ3n) is 1.68. The van der Waals surface area contributed by atoms with Crippen molar-refractivity contribution >= 4 is 15.9 Å². The third kappa shape index (κ3) is 2.91. The van der Waals surface area contributed by atoms with Gasteiger partial charge in [0.15, 0.2) is 0 Å². The van der Waals surface area contributed by atoms with E-state index in [9.17, 15) is 0 Å². The van der Waals surface area contributed by atoms with Crippen LogP contribution in [-0.2, 0) is 6.54 Å². The molecule has 0 saturated heterocycles. The fourth-order valence-electron chi connectivity index (χ4n) is 0.977. The van der Waals surface area contributed by atoms with E-state index in [-0.39, 0.29) is 0 Å². The van der Waals surface area contributed by atoms with Gasteiger partial charge in [0.05, 0.1) is 5.69 Å². The lowest BCUT2D eigenvalue weighted by Crippen LogP contribution is -2.17. The first-order valence-corrected chi connectivity index (χ1v) is 5.14. The molecule has 0 radical (unpaired) electrons. The first-order chi connectivity index (χ1) is 5.84. The van der Waals surface area contributed by atoms with Crippen molar-refractivity contribution in [2.75, 3.05) is 11.9 Å². The standard InChI is InChI=1S/C9H13BrN2/c1-8-3-2-5-12-9(8)7-11-6-4-10/h2-3,5,11H,4,6-7H2,1H3. The minimum absolute atomic E-state index is 0.859. The summed E-state index contributed by atoms with van der Waals surface area (Å²) in [4.78, 5) is 4.27. The number of rotatable bonds is 4. The summed E-state index contributed by atoms with van der Waals surface area (Å²) in [5.41, 5.74) is 2.39. The van der Waals surface area contributed by atoms with Gasteiger partial charge in [0.2, 0.25) is 0 Å². The van der Waals surface area contributed by atoms with Gasteiger partial charge in [-0.1, -0.05) is 22.0 Å². The summed E-state index contributed by atoms with van der Waals surface area (Å²) in [6.07, 6.45) is 1.83. The lowest BCUT2D eigenvalue weighted by molar-refractivity contribution is 0.713. The van der Waals surface area contributed by atoms with Gasteiger partial charge in [0, 0.05) is 24.6 Å².